The number of aromatic nitrogens is 1. The van der Waals surface area contributed by atoms with Gasteiger partial charge in [-0.15, -0.1) is 0 Å². The van der Waals surface area contributed by atoms with Gasteiger partial charge >= 0.3 is 0 Å². The summed E-state index contributed by atoms with van der Waals surface area (Å²) >= 11 is 0. The van der Waals surface area contributed by atoms with Crippen LogP contribution in [0, 0.1) is 18.6 Å². The number of ether oxygens (including phenoxy) is 1. The van der Waals surface area contributed by atoms with Crippen LogP contribution in [0.1, 0.15) is 11.3 Å². The van der Waals surface area contributed by atoms with Crippen LogP contribution in [0.4, 0.5) is 14.5 Å². The molecule has 0 atom stereocenters. The van der Waals surface area contributed by atoms with Crippen molar-refractivity contribution in [2.75, 3.05) is 5.73 Å². The first-order valence-corrected chi connectivity index (χ1v) is 5.35. The SMILES string of the molecule is Cc1cccnc1COc1cc(F)c(N)cc1F. The molecule has 0 bridgehead atoms. The number of hydrogen-bond donors (Lipinski definition) is 1. The number of halogens is 2. The van der Waals surface area contributed by atoms with Gasteiger partial charge in [0.15, 0.2) is 11.6 Å². The van der Waals surface area contributed by atoms with E-state index in [-0.39, 0.29) is 18.0 Å². The van der Waals surface area contributed by atoms with Crippen LogP contribution >= 0.6 is 0 Å². The quantitative estimate of drug-likeness (QED) is 0.852. The molecule has 1 aromatic heterocycles. The van der Waals surface area contributed by atoms with E-state index in [0.717, 1.165) is 17.7 Å². The zero-order valence-corrected chi connectivity index (χ0v) is 9.78. The maximum atomic E-state index is 13.4. The number of aryl methyl sites for hydroxylation is 1. The van der Waals surface area contributed by atoms with E-state index in [2.05, 4.69) is 4.98 Å². The molecule has 2 N–H and O–H groups in total. The molecule has 2 rings (SSSR count). The van der Waals surface area contributed by atoms with Gasteiger partial charge in [0.2, 0.25) is 0 Å². The molecule has 0 saturated heterocycles. The van der Waals surface area contributed by atoms with Crippen LogP contribution in [0.2, 0.25) is 0 Å². The molecule has 3 nitrogen and oxygen atoms in total. The van der Waals surface area contributed by atoms with Crippen molar-refractivity contribution in [2.45, 2.75) is 13.5 Å². The lowest BCUT2D eigenvalue weighted by Gasteiger charge is -2.09. The fourth-order valence-corrected chi connectivity index (χ4v) is 1.47. The van der Waals surface area contributed by atoms with Gasteiger partial charge in [-0.1, -0.05) is 6.07 Å². The van der Waals surface area contributed by atoms with E-state index in [1.165, 1.54) is 0 Å². The molecule has 0 spiro atoms. The second-order valence-electron chi connectivity index (χ2n) is 3.86. The number of pyridine rings is 1. The molecule has 0 saturated carbocycles. The molecule has 0 aliphatic rings. The van der Waals surface area contributed by atoms with Gasteiger partial charge in [0, 0.05) is 18.3 Å². The molecule has 1 heterocycles. The Morgan fingerprint density at radius 3 is 2.78 bits per heavy atom. The predicted molar refractivity (Wildman–Crippen MR) is 64.1 cm³/mol. The average molecular weight is 250 g/mol. The smallest absolute Gasteiger partial charge is 0.167 e. The zero-order valence-electron chi connectivity index (χ0n) is 9.78. The van der Waals surface area contributed by atoms with Crippen molar-refractivity contribution in [3.63, 3.8) is 0 Å². The molecular formula is C13H12F2N2O. The highest BCUT2D eigenvalue weighted by Crippen LogP contribution is 2.23. The van der Waals surface area contributed by atoms with Crippen molar-refractivity contribution in [3.05, 3.63) is 53.4 Å². The molecule has 1 aromatic carbocycles. The van der Waals surface area contributed by atoms with Crippen molar-refractivity contribution < 1.29 is 13.5 Å². The molecule has 5 heteroatoms. The first kappa shape index (κ1) is 12.3. The minimum absolute atomic E-state index is 0.0763. The highest BCUT2D eigenvalue weighted by molar-refractivity contribution is 5.44. The third-order valence-electron chi connectivity index (χ3n) is 2.53. The Kier molecular flexibility index (Phi) is 3.41. The molecule has 0 radical (unpaired) electrons. The molecule has 0 aliphatic heterocycles. The molecule has 18 heavy (non-hydrogen) atoms. The third-order valence-corrected chi connectivity index (χ3v) is 2.53. The average Bonchev–Trinajstić information content (AvgIpc) is 2.34. The van der Waals surface area contributed by atoms with Gasteiger partial charge in [-0.05, 0) is 18.6 Å². The second kappa shape index (κ2) is 5.00. The number of benzene rings is 1. The lowest BCUT2D eigenvalue weighted by molar-refractivity contribution is 0.283. The number of nitrogens with zero attached hydrogens (tertiary/aromatic N) is 1. The minimum Gasteiger partial charge on any atom is -0.484 e. The van der Waals surface area contributed by atoms with Crippen LogP contribution in [0.3, 0.4) is 0 Å². The number of rotatable bonds is 3. The normalized spacial score (nSPS) is 10.4. The van der Waals surface area contributed by atoms with E-state index in [0.29, 0.717) is 5.69 Å². The first-order chi connectivity index (χ1) is 8.58. The monoisotopic (exact) mass is 250 g/mol. The lowest BCUT2D eigenvalue weighted by atomic mass is 10.2. The Balaban J connectivity index is 2.16. The standard InChI is InChI=1S/C13H12F2N2O/c1-8-3-2-4-17-12(8)7-18-13-6-9(14)11(16)5-10(13)15/h2-6H,7,16H2,1H3. The molecule has 0 aliphatic carbocycles. The maximum Gasteiger partial charge on any atom is 0.167 e. The number of nitrogen functional groups attached to an aromatic ring is 1. The fourth-order valence-electron chi connectivity index (χ4n) is 1.47. The first-order valence-electron chi connectivity index (χ1n) is 5.35. The van der Waals surface area contributed by atoms with Gasteiger partial charge in [-0.3, -0.25) is 4.98 Å². The van der Waals surface area contributed by atoms with Gasteiger partial charge in [0.05, 0.1) is 11.4 Å². The van der Waals surface area contributed by atoms with Crippen LogP contribution in [0.15, 0.2) is 30.5 Å². The predicted octanol–water partition coefficient (Wildman–Crippen LogP) is 2.83. The summed E-state index contributed by atoms with van der Waals surface area (Å²) in [6.45, 7) is 1.94. The lowest BCUT2D eigenvalue weighted by Crippen LogP contribution is -2.03. The van der Waals surface area contributed by atoms with Crippen LogP contribution in [-0.4, -0.2) is 4.98 Å². The highest BCUT2D eigenvalue weighted by Gasteiger charge is 2.10. The van der Waals surface area contributed by atoms with Gasteiger partial charge in [-0.25, -0.2) is 8.78 Å². The highest BCUT2D eigenvalue weighted by atomic mass is 19.1. The van der Waals surface area contributed by atoms with Gasteiger partial charge in [0.1, 0.15) is 12.4 Å². The van der Waals surface area contributed by atoms with E-state index in [4.69, 9.17) is 10.5 Å². The number of nitrogens with two attached hydrogens (primary N) is 1. The molecule has 0 amide bonds. The van der Waals surface area contributed by atoms with Crippen LogP contribution in [0.25, 0.3) is 0 Å². The van der Waals surface area contributed by atoms with Crippen molar-refractivity contribution in [1.29, 1.82) is 0 Å². The van der Waals surface area contributed by atoms with Crippen LogP contribution in [-0.2, 0) is 6.61 Å². The third kappa shape index (κ3) is 2.56. The Labute approximate surface area is 103 Å². The summed E-state index contributed by atoms with van der Waals surface area (Å²) in [7, 11) is 0. The van der Waals surface area contributed by atoms with Crippen LogP contribution in [0.5, 0.6) is 5.75 Å². The van der Waals surface area contributed by atoms with E-state index in [1.54, 1.807) is 12.3 Å². The Morgan fingerprint density at radius 2 is 2.06 bits per heavy atom. The maximum absolute atomic E-state index is 13.4. The van der Waals surface area contributed by atoms with Crippen LogP contribution < -0.4 is 10.5 Å². The van der Waals surface area contributed by atoms with E-state index < -0.39 is 11.6 Å². The summed E-state index contributed by atoms with van der Waals surface area (Å²) in [4.78, 5) is 4.10. The molecule has 0 fully saturated rings. The number of hydrogen-bond acceptors (Lipinski definition) is 3. The largest absolute Gasteiger partial charge is 0.484 e. The molecular weight excluding hydrogens is 238 g/mol. The van der Waals surface area contributed by atoms with E-state index in [9.17, 15) is 8.78 Å². The van der Waals surface area contributed by atoms with Crippen molar-refractivity contribution in [2.24, 2.45) is 0 Å². The summed E-state index contributed by atoms with van der Waals surface area (Å²) in [5, 5.41) is 0. The Hall–Kier alpha value is -2.17. The Morgan fingerprint density at radius 1 is 1.28 bits per heavy atom. The molecule has 2 aromatic rings. The summed E-state index contributed by atoms with van der Waals surface area (Å²) in [5.41, 5.74) is 6.60. The topological polar surface area (TPSA) is 48.1 Å². The van der Waals surface area contributed by atoms with E-state index in [1.807, 2.05) is 13.0 Å². The second-order valence-corrected chi connectivity index (χ2v) is 3.86. The van der Waals surface area contributed by atoms with Gasteiger partial charge < -0.3 is 10.5 Å². The Bertz CT molecular complexity index is 573. The summed E-state index contributed by atoms with van der Waals surface area (Å²) < 4.78 is 31.8. The van der Waals surface area contributed by atoms with Crippen molar-refractivity contribution in [1.82, 2.24) is 4.98 Å². The molecule has 94 valence electrons. The van der Waals surface area contributed by atoms with Gasteiger partial charge in [0.25, 0.3) is 0 Å². The summed E-state index contributed by atoms with van der Waals surface area (Å²) in [6.07, 6.45) is 1.62. The van der Waals surface area contributed by atoms with E-state index >= 15 is 0 Å². The summed E-state index contributed by atoms with van der Waals surface area (Å²) in [6, 6.07) is 5.49. The minimum atomic E-state index is -0.704. The number of anilines is 1. The molecule has 0 unspecified atom stereocenters. The van der Waals surface area contributed by atoms with Crippen molar-refractivity contribution in [3.8, 4) is 5.75 Å². The fraction of sp³-hybridized carbons (Fsp3) is 0.154. The summed E-state index contributed by atoms with van der Waals surface area (Å²) in [5.74, 6) is -1.57. The zero-order chi connectivity index (χ0) is 13.1. The van der Waals surface area contributed by atoms with Crippen molar-refractivity contribution >= 4 is 5.69 Å². The van der Waals surface area contributed by atoms with Gasteiger partial charge in [-0.2, -0.15) is 0 Å².